The number of rotatable bonds is 4. The Hall–Kier alpha value is -1.81. The third-order valence-corrected chi connectivity index (χ3v) is 3.94. The van der Waals surface area contributed by atoms with Crippen molar-refractivity contribution >= 4 is 23.4 Å². The molecule has 0 atom stereocenters. The van der Waals surface area contributed by atoms with Gasteiger partial charge in [0.05, 0.1) is 5.75 Å². The topological polar surface area (TPSA) is 29.1 Å². The van der Waals surface area contributed by atoms with Crippen LogP contribution >= 0.6 is 11.8 Å². The summed E-state index contributed by atoms with van der Waals surface area (Å²) in [5, 5.41) is 2.73. The monoisotopic (exact) mass is 289 g/mol. The molecule has 0 heterocycles. The van der Waals surface area contributed by atoms with Crippen molar-refractivity contribution in [1.82, 2.24) is 0 Å². The van der Waals surface area contributed by atoms with E-state index in [9.17, 15) is 9.18 Å². The molecular formula is C16H16FNOS. The van der Waals surface area contributed by atoms with Crippen LogP contribution in [0.3, 0.4) is 0 Å². The van der Waals surface area contributed by atoms with Gasteiger partial charge in [-0.05, 0) is 38.1 Å². The number of halogens is 1. The molecule has 0 saturated heterocycles. The molecule has 0 radical (unpaired) electrons. The minimum atomic E-state index is -0.311. The summed E-state index contributed by atoms with van der Waals surface area (Å²) in [6.45, 7) is 3.67. The predicted octanol–water partition coefficient (Wildman–Crippen LogP) is 4.17. The molecule has 0 unspecified atom stereocenters. The normalized spacial score (nSPS) is 10.3. The quantitative estimate of drug-likeness (QED) is 0.856. The first kappa shape index (κ1) is 14.6. The summed E-state index contributed by atoms with van der Waals surface area (Å²) in [6.07, 6.45) is 0. The van der Waals surface area contributed by atoms with Gasteiger partial charge in [0, 0.05) is 16.1 Å². The summed E-state index contributed by atoms with van der Waals surface area (Å²) in [6, 6.07) is 12.7. The molecule has 4 heteroatoms. The highest BCUT2D eigenvalue weighted by Gasteiger charge is 2.08. The first-order chi connectivity index (χ1) is 9.56. The Bertz CT molecular complexity index is 610. The third-order valence-electron chi connectivity index (χ3n) is 2.93. The first-order valence-corrected chi connectivity index (χ1v) is 7.29. The highest BCUT2D eigenvalue weighted by Crippen LogP contribution is 2.20. The molecule has 0 aliphatic rings. The lowest BCUT2D eigenvalue weighted by Gasteiger charge is -2.08. The van der Waals surface area contributed by atoms with Crippen molar-refractivity contribution in [2.75, 3.05) is 11.1 Å². The average Bonchev–Trinajstić information content (AvgIpc) is 2.43. The molecule has 0 bridgehead atoms. The van der Waals surface area contributed by atoms with Crippen LogP contribution in [0.25, 0.3) is 0 Å². The molecule has 0 aliphatic heterocycles. The van der Waals surface area contributed by atoms with Gasteiger partial charge in [-0.2, -0.15) is 0 Å². The molecule has 20 heavy (non-hydrogen) atoms. The summed E-state index contributed by atoms with van der Waals surface area (Å²) < 4.78 is 13.4. The maximum absolute atomic E-state index is 13.4. The molecule has 0 fully saturated rings. The number of amides is 1. The Kier molecular flexibility index (Phi) is 4.79. The molecule has 2 nitrogen and oxygen atoms in total. The van der Waals surface area contributed by atoms with Gasteiger partial charge in [0.15, 0.2) is 0 Å². The molecule has 2 rings (SSSR count). The molecule has 0 aliphatic carbocycles. The van der Waals surface area contributed by atoms with Crippen molar-refractivity contribution in [3.8, 4) is 0 Å². The minimum Gasteiger partial charge on any atom is -0.325 e. The Labute approximate surface area is 122 Å². The predicted molar refractivity (Wildman–Crippen MR) is 81.7 cm³/mol. The van der Waals surface area contributed by atoms with Crippen LogP contribution in [0, 0.1) is 19.7 Å². The number of hydrogen-bond acceptors (Lipinski definition) is 2. The summed E-state index contributed by atoms with van der Waals surface area (Å²) in [5.41, 5.74) is 2.18. The smallest absolute Gasteiger partial charge is 0.234 e. The second-order valence-corrected chi connectivity index (χ2v) is 5.61. The van der Waals surface area contributed by atoms with Gasteiger partial charge in [-0.1, -0.05) is 23.8 Å². The number of aryl methyl sites for hydroxylation is 1. The number of carbonyl (C=O) groups excluding carboxylic acids is 1. The van der Waals surface area contributed by atoms with Gasteiger partial charge >= 0.3 is 0 Å². The van der Waals surface area contributed by atoms with Crippen LogP contribution in [-0.4, -0.2) is 11.7 Å². The molecule has 0 spiro atoms. The molecule has 0 saturated carbocycles. The zero-order valence-corrected chi connectivity index (χ0v) is 12.3. The van der Waals surface area contributed by atoms with Gasteiger partial charge in [0.1, 0.15) is 5.82 Å². The third kappa shape index (κ3) is 3.84. The van der Waals surface area contributed by atoms with E-state index in [1.54, 1.807) is 19.1 Å². The number of anilines is 1. The van der Waals surface area contributed by atoms with Crippen molar-refractivity contribution in [2.24, 2.45) is 0 Å². The number of hydrogen-bond donors (Lipinski definition) is 1. The van der Waals surface area contributed by atoms with E-state index in [0.717, 1.165) is 4.90 Å². The summed E-state index contributed by atoms with van der Waals surface area (Å²) in [5.74, 6) is -0.141. The van der Waals surface area contributed by atoms with Crippen molar-refractivity contribution in [3.63, 3.8) is 0 Å². The van der Waals surface area contributed by atoms with Crippen molar-refractivity contribution in [3.05, 3.63) is 59.4 Å². The van der Waals surface area contributed by atoms with E-state index in [0.29, 0.717) is 17.0 Å². The van der Waals surface area contributed by atoms with Crippen LogP contribution in [0.1, 0.15) is 11.1 Å². The van der Waals surface area contributed by atoms with E-state index in [4.69, 9.17) is 0 Å². The number of benzene rings is 2. The van der Waals surface area contributed by atoms with E-state index in [-0.39, 0.29) is 11.7 Å². The minimum absolute atomic E-state index is 0.135. The fourth-order valence-corrected chi connectivity index (χ4v) is 2.41. The molecule has 104 valence electrons. The van der Waals surface area contributed by atoms with E-state index >= 15 is 0 Å². The van der Waals surface area contributed by atoms with Gasteiger partial charge in [-0.3, -0.25) is 4.79 Å². The number of carbonyl (C=O) groups is 1. The Morgan fingerprint density at radius 3 is 2.55 bits per heavy atom. The molecule has 0 aromatic heterocycles. The highest BCUT2D eigenvalue weighted by atomic mass is 32.2. The van der Waals surface area contributed by atoms with Gasteiger partial charge < -0.3 is 5.32 Å². The van der Waals surface area contributed by atoms with Crippen LogP contribution < -0.4 is 5.32 Å². The van der Waals surface area contributed by atoms with E-state index in [2.05, 4.69) is 5.32 Å². The highest BCUT2D eigenvalue weighted by molar-refractivity contribution is 8.00. The fraction of sp³-hybridized carbons (Fsp3) is 0.188. The van der Waals surface area contributed by atoms with Crippen LogP contribution in [0.15, 0.2) is 47.4 Å². The summed E-state index contributed by atoms with van der Waals surface area (Å²) >= 11 is 1.46. The van der Waals surface area contributed by atoms with Crippen LogP contribution in [-0.2, 0) is 4.79 Å². The van der Waals surface area contributed by atoms with Crippen LogP contribution in [0.5, 0.6) is 0 Å². The lowest BCUT2D eigenvalue weighted by atomic mass is 10.2. The average molecular weight is 289 g/mol. The van der Waals surface area contributed by atoms with E-state index < -0.39 is 0 Å². The Morgan fingerprint density at radius 1 is 1.15 bits per heavy atom. The van der Waals surface area contributed by atoms with Crippen molar-refractivity contribution in [2.45, 2.75) is 18.7 Å². The maximum atomic E-state index is 13.4. The number of thioether (sulfide) groups is 1. The summed E-state index contributed by atoms with van der Waals surface area (Å²) in [7, 11) is 0. The maximum Gasteiger partial charge on any atom is 0.234 e. The zero-order valence-electron chi connectivity index (χ0n) is 11.4. The Balaban J connectivity index is 1.92. The molecule has 1 N–H and O–H groups in total. The van der Waals surface area contributed by atoms with Gasteiger partial charge in [0.25, 0.3) is 0 Å². The van der Waals surface area contributed by atoms with E-state index in [1.807, 2.05) is 31.2 Å². The summed E-state index contributed by atoms with van der Waals surface area (Å²) in [4.78, 5) is 12.9. The van der Waals surface area contributed by atoms with Crippen molar-refractivity contribution in [1.29, 1.82) is 0 Å². The van der Waals surface area contributed by atoms with Gasteiger partial charge in [-0.15, -0.1) is 11.8 Å². The molecular weight excluding hydrogens is 273 g/mol. The largest absolute Gasteiger partial charge is 0.325 e. The standard InChI is InChI=1S/C16H16FNOS/c1-11-6-8-13(9-7-11)20-10-16(19)18-15-5-3-4-14(17)12(15)2/h3-9H,10H2,1-2H3,(H,18,19). The Morgan fingerprint density at radius 2 is 1.85 bits per heavy atom. The van der Waals surface area contributed by atoms with E-state index in [1.165, 1.54) is 23.4 Å². The van der Waals surface area contributed by atoms with Gasteiger partial charge in [-0.25, -0.2) is 4.39 Å². The van der Waals surface area contributed by atoms with Gasteiger partial charge in [0.2, 0.25) is 5.91 Å². The van der Waals surface area contributed by atoms with Crippen molar-refractivity contribution < 1.29 is 9.18 Å². The lowest BCUT2D eigenvalue weighted by molar-refractivity contribution is -0.113. The second kappa shape index (κ2) is 6.57. The molecule has 2 aromatic rings. The van der Waals surface area contributed by atoms with Crippen LogP contribution in [0.2, 0.25) is 0 Å². The lowest BCUT2D eigenvalue weighted by Crippen LogP contribution is -2.15. The first-order valence-electron chi connectivity index (χ1n) is 6.30. The van der Waals surface area contributed by atoms with Crippen LogP contribution in [0.4, 0.5) is 10.1 Å². The SMILES string of the molecule is Cc1ccc(SCC(=O)Nc2cccc(F)c2C)cc1. The molecule has 2 aromatic carbocycles. The number of nitrogens with one attached hydrogen (secondary N) is 1. The second-order valence-electron chi connectivity index (χ2n) is 4.56. The zero-order chi connectivity index (χ0) is 14.5. The molecule has 1 amide bonds. The fourth-order valence-electron chi connectivity index (χ4n) is 1.71.